The number of anilines is 1. The lowest BCUT2D eigenvalue weighted by Gasteiger charge is -2.08. The van der Waals surface area contributed by atoms with Crippen LogP contribution in [0, 0.1) is 0 Å². The van der Waals surface area contributed by atoms with E-state index in [4.69, 9.17) is 17.3 Å². The number of alkyl halides is 3. The molecule has 0 spiro atoms. The van der Waals surface area contributed by atoms with E-state index >= 15 is 0 Å². The summed E-state index contributed by atoms with van der Waals surface area (Å²) >= 11 is 5.36. The van der Waals surface area contributed by atoms with Gasteiger partial charge in [0.05, 0.1) is 0 Å². The molecule has 1 heterocycles. The summed E-state index contributed by atoms with van der Waals surface area (Å²) in [5.41, 5.74) is 3.63. The number of hydrogen-bond donors (Lipinski definition) is 1. The molecule has 0 saturated heterocycles. The fraction of sp³-hybridized carbons (Fsp3) is 0.500. The summed E-state index contributed by atoms with van der Waals surface area (Å²) in [7, 11) is 0. The molecule has 0 amide bonds. The van der Waals surface area contributed by atoms with Gasteiger partial charge in [-0.1, -0.05) is 11.6 Å². The molecule has 13 heavy (non-hydrogen) atoms. The molecule has 0 aliphatic rings. The molecule has 1 aromatic rings. The average Bonchev–Trinajstić information content (AvgIpc) is 2.26. The summed E-state index contributed by atoms with van der Waals surface area (Å²) in [4.78, 5) is 0. The SMILES string of the molecule is CCn1nc(Cl)c(N)c1C(F)(F)F. The zero-order valence-electron chi connectivity index (χ0n) is 6.69. The Kier molecular flexibility index (Phi) is 2.42. The van der Waals surface area contributed by atoms with E-state index in [1.807, 2.05) is 0 Å². The summed E-state index contributed by atoms with van der Waals surface area (Å²) in [6, 6.07) is 0. The van der Waals surface area contributed by atoms with E-state index in [1.54, 1.807) is 0 Å². The predicted molar refractivity (Wildman–Crippen MR) is 42.3 cm³/mol. The number of aromatic nitrogens is 2. The van der Waals surface area contributed by atoms with Crippen LogP contribution in [0.3, 0.4) is 0 Å². The van der Waals surface area contributed by atoms with Crippen LogP contribution in [0.5, 0.6) is 0 Å². The van der Waals surface area contributed by atoms with Crippen molar-refractivity contribution in [2.75, 3.05) is 5.73 Å². The van der Waals surface area contributed by atoms with Crippen LogP contribution < -0.4 is 5.73 Å². The number of rotatable bonds is 1. The third-order valence-electron chi connectivity index (χ3n) is 1.51. The normalized spacial score (nSPS) is 12.1. The van der Waals surface area contributed by atoms with E-state index in [0.29, 0.717) is 0 Å². The van der Waals surface area contributed by atoms with E-state index in [2.05, 4.69) is 5.10 Å². The number of halogens is 4. The Morgan fingerprint density at radius 2 is 2.08 bits per heavy atom. The molecule has 0 fully saturated rings. The van der Waals surface area contributed by atoms with E-state index < -0.39 is 17.6 Å². The van der Waals surface area contributed by atoms with Crippen molar-refractivity contribution in [3.63, 3.8) is 0 Å². The Bertz CT molecular complexity index is 318. The van der Waals surface area contributed by atoms with Gasteiger partial charge in [0.1, 0.15) is 5.69 Å². The first-order chi connectivity index (χ1) is 5.88. The molecule has 7 heteroatoms. The van der Waals surface area contributed by atoms with Crippen molar-refractivity contribution in [2.24, 2.45) is 0 Å². The minimum absolute atomic E-state index is 0.0752. The number of nitrogens with two attached hydrogens (primary N) is 1. The van der Waals surface area contributed by atoms with Gasteiger partial charge in [-0.15, -0.1) is 0 Å². The van der Waals surface area contributed by atoms with Crippen LogP contribution in [0.1, 0.15) is 12.6 Å². The maximum atomic E-state index is 12.3. The quantitative estimate of drug-likeness (QED) is 0.777. The monoisotopic (exact) mass is 213 g/mol. The minimum atomic E-state index is -4.51. The summed E-state index contributed by atoms with van der Waals surface area (Å²) in [5, 5.41) is 3.12. The Hall–Kier alpha value is -0.910. The molecule has 0 unspecified atom stereocenters. The third-order valence-corrected chi connectivity index (χ3v) is 1.79. The second-order valence-corrected chi connectivity index (χ2v) is 2.72. The standard InChI is InChI=1S/C6H7ClF3N3/c1-2-13-4(6(8,9)10)3(11)5(7)12-13/h2,11H2,1H3. The number of nitrogen functional groups attached to an aromatic ring is 1. The van der Waals surface area contributed by atoms with Crippen molar-refractivity contribution < 1.29 is 13.2 Å². The molecule has 0 bridgehead atoms. The van der Waals surface area contributed by atoms with Crippen LogP contribution >= 0.6 is 11.6 Å². The van der Waals surface area contributed by atoms with Crippen LogP contribution in [0.15, 0.2) is 0 Å². The van der Waals surface area contributed by atoms with Crippen molar-refractivity contribution in [3.8, 4) is 0 Å². The molecular formula is C6H7ClF3N3. The van der Waals surface area contributed by atoms with E-state index in [9.17, 15) is 13.2 Å². The fourth-order valence-corrected chi connectivity index (χ4v) is 1.16. The molecule has 0 atom stereocenters. The first kappa shape index (κ1) is 10.2. The van der Waals surface area contributed by atoms with Crippen LogP contribution in [-0.2, 0) is 12.7 Å². The van der Waals surface area contributed by atoms with Gasteiger partial charge in [-0.25, -0.2) is 0 Å². The summed E-state index contributed by atoms with van der Waals surface area (Å²) in [6.07, 6.45) is -4.51. The molecule has 0 radical (unpaired) electrons. The lowest BCUT2D eigenvalue weighted by molar-refractivity contribution is -0.143. The second kappa shape index (κ2) is 3.10. The second-order valence-electron chi connectivity index (χ2n) is 2.37. The molecule has 0 aliphatic heterocycles. The van der Waals surface area contributed by atoms with Crippen LogP contribution in [0.4, 0.5) is 18.9 Å². The van der Waals surface area contributed by atoms with Gasteiger partial charge >= 0.3 is 6.18 Å². The summed E-state index contributed by atoms with van der Waals surface area (Å²) < 4.78 is 37.7. The van der Waals surface area contributed by atoms with E-state index in [0.717, 1.165) is 4.68 Å². The van der Waals surface area contributed by atoms with E-state index in [1.165, 1.54) is 6.92 Å². The molecule has 1 rings (SSSR count). The van der Waals surface area contributed by atoms with Gasteiger partial charge in [-0.2, -0.15) is 18.3 Å². The van der Waals surface area contributed by atoms with Gasteiger partial charge in [0, 0.05) is 6.54 Å². The third kappa shape index (κ3) is 1.72. The smallest absolute Gasteiger partial charge is 0.394 e. The molecule has 2 N–H and O–H groups in total. The number of nitrogens with zero attached hydrogens (tertiary/aromatic N) is 2. The van der Waals surface area contributed by atoms with E-state index in [-0.39, 0.29) is 11.7 Å². The highest BCUT2D eigenvalue weighted by Crippen LogP contribution is 2.36. The topological polar surface area (TPSA) is 43.8 Å². The Morgan fingerprint density at radius 3 is 2.38 bits per heavy atom. The molecular weight excluding hydrogens is 207 g/mol. The zero-order chi connectivity index (χ0) is 10.2. The van der Waals surface area contributed by atoms with Crippen LogP contribution in [0.25, 0.3) is 0 Å². The zero-order valence-corrected chi connectivity index (χ0v) is 7.45. The predicted octanol–water partition coefficient (Wildman–Crippen LogP) is 2.16. The highest BCUT2D eigenvalue weighted by molar-refractivity contribution is 6.32. The maximum absolute atomic E-state index is 12.3. The van der Waals surface area contributed by atoms with Gasteiger partial charge in [0.2, 0.25) is 0 Å². The largest absolute Gasteiger partial charge is 0.435 e. The molecule has 0 aromatic carbocycles. The minimum Gasteiger partial charge on any atom is -0.394 e. The van der Waals surface area contributed by atoms with Gasteiger partial charge in [0.25, 0.3) is 0 Å². The van der Waals surface area contributed by atoms with Crippen molar-refractivity contribution in [1.82, 2.24) is 9.78 Å². The van der Waals surface area contributed by atoms with Crippen LogP contribution in [0.2, 0.25) is 5.15 Å². The lowest BCUT2D eigenvalue weighted by atomic mass is 10.3. The van der Waals surface area contributed by atoms with Gasteiger partial charge in [0.15, 0.2) is 10.8 Å². The van der Waals surface area contributed by atoms with Crippen molar-refractivity contribution in [3.05, 3.63) is 10.8 Å². The highest BCUT2D eigenvalue weighted by atomic mass is 35.5. The Morgan fingerprint density at radius 1 is 1.54 bits per heavy atom. The van der Waals surface area contributed by atoms with Crippen molar-refractivity contribution in [1.29, 1.82) is 0 Å². The van der Waals surface area contributed by atoms with Gasteiger partial charge in [-0.05, 0) is 6.92 Å². The highest BCUT2D eigenvalue weighted by Gasteiger charge is 2.38. The Labute approximate surface area is 77.3 Å². The first-order valence-electron chi connectivity index (χ1n) is 3.47. The van der Waals surface area contributed by atoms with Gasteiger partial charge in [-0.3, -0.25) is 4.68 Å². The van der Waals surface area contributed by atoms with Gasteiger partial charge < -0.3 is 5.73 Å². The molecule has 3 nitrogen and oxygen atoms in total. The summed E-state index contributed by atoms with van der Waals surface area (Å²) in [6.45, 7) is 1.60. The summed E-state index contributed by atoms with van der Waals surface area (Å²) in [5.74, 6) is 0. The first-order valence-corrected chi connectivity index (χ1v) is 3.84. The van der Waals surface area contributed by atoms with Crippen molar-refractivity contribution >= 4 is 17.3 Å². The number of hydrogen-bond acceptors (Lipinski definition) is 2. The van der Waals surface area contributed by atoms with Crippen molar-refractivity contribution in [2.45, 2.75) is 19.6 Å². The molecule has 0 saturated carbocycles. The molecule has 1 aromatic heterocycles. The van der Waals surface area contributed by atoms with Crippen LogP contribution in [-0.4, -0.2) is 9.78 Å². The Balaban J connectivity index is 3.33. The molecule has 74 valence electrons. The average molecular weight is 214 g/mol. The fourth-order valence-electron chi connectivity index (χ4n) is 0.974. The molecule has 0 aliphatic carbocycles. The maximum Gasteiger partial charge on any atom is 0.435 e. The number of aryl methyl sites for hydroxylation is 1. The lowest BCUT2D eigenvalue weighted by Crippen LogP contribution is -2.15.